The standard InChI is InChI=1S/C16H27N5O3/c1-5-24-16(23)21-8-6-13(7-9-21)18-15(22)17-11(2)14-10-20(4)19-12(14)3/h10-11,13H,5-9H2,1-4H3,(H2,17,18,22). The molecule has 1 unspecified atom stereocenters. The van der Waals surface area contributed by atoms with E-state index in [9.17, 15) is 9.59 Å². The van der Waals surface area contributed by atoms with Crippen LogP contribution in [0.5, 0.6) is 0 Å². The van der Waals surface area contributed by atoms with Crippen molar-refractivity contribution in [1.29, 1.82) is 0 Å². The maximum Gasteiger partial charge on any atom is 0.409 e. The number of hydrogen-bond acceptors (Lipinski definition) is 4. The molecule has 0 bridgehead atoms. The summed E-state index contributed by atoms with van der Waals surface area (Å²) in [5.41, 5.74) is 1.91. The Kier molecular flexibility index (Phi) is 6.05. The Labute approximate surface area is 142 Å². The summed E-state index contributed by atoms with van der Waals surface area (Å²) in [4.78, 5) is 25.5. The van der Waals surface area contributed by atoms with Crippen molar-refractivity contribution < 1.29 is 14.3 Å². The molecule has 1 aliphatic heterocycles. The van der Waals surface area contributed by atoms with Gasteiger partial charge in [0.1, 0.15) is 0 Å². The Morgan fingerprint density at radius 3 is 2.62 bits per heavy atom. The number of urea groups is 1. The van der Waals surface area contributed by atoms with Crippen LogP contribution in [0.3, 0.4) is 0 Å². The first kappa shape index (κ1) is 18.1. The van der Waals surface area contributed by atoms with Crippen LogP contribution in [-0.4, -0.2) is 52.5 Å². The molecule has 0 radical (unpaired) electrons. The molecule has 0 aliphatic carbocycles. The lowest BCUT2D eigenvalue weighted by Gasteiger charge is -2.31. The summed E-state index contributed by atoms with van der Waals surface area (Å²) in [6, 6.07) is -0.239. The van der Waals surface area contributed by atoms with E-state index in [1.807, 2.05) is 27.1 Å². The van der Waals surface area contributed by atoms with Gasteiger partial charge in [-0.15, -0.1) is 0 Å². The first-order valence-electron chi connectivity index (χ1n) is 8.39. The lowest BCUT2D eigenvalue weighted by atomic mass is 10.1. The number of carbonyl (C=O) groups is 2. The number of rotatable bonds is 4. The molecule has 1 saturated heterocycles. The van der Waals surface area contributed by atoms with E-state index in [0.717, 1.165) is 24.1 Å². The molecule has 1 fully saturated rings. The van der Waals surface area contributed by atoms with E-state index in [1.165, 1.54) is 0 Å². The predicted molar refractivity (Wildman–Crippen MR) is 89.6 cm³/mol. The van der Waals surface area contributed by atoms with Gasteiger partial charge < -0.3 is 20.3 Å². The highest BCUT2D eigenvalue weighted by Gasteiger charge is 2.25. The third-order valence-corrected chi connectivity index (χ3v) is 4.22. The topological polar surface area (TPSA) is 88.5 Å². The number of nitrogens with one attached hydrogen (secondary N) is 2. The van der Waals surface area contributed by atoms with Crippen molar-refractivity contribution in [3.63, 3.8) is 0 Å². The molecule has 1 aromatic heterocycles. The van der Waals surface area contributed by atoms with Crippen molar-refractivity contribution in [3.05, 3.63) is 17.5 Å². The van der Waals surface area contributed by atoms with Crippen LogP contribution in [0.25, 0.3) is 0 Å². The normalized spacial score (nSPS) is 16.6. The van der Waals surface area contributed by atoms with Gasteiger partial charge in [-0.1, -0.05) is 0 Å². The second-order valence-electron chi connectivity index (χ2n) is 6.14. The van der Waals surface area contributed by atoms with Gasteiger partial charge in [0.25, 0.3) is 0 Å². The number of piperidine rings is 1. The molecule has 0 saturated carbocycles. The van der Waals surface area contributed by atoms with Crippen LogP contribution in [0.15, 0.2) is 6.20 Å². The maximum atomic E-state index is 12.2. The van der Waals surface area contributed by atoms with Crippen LogP contribution >= 0.6 is 0 Å². The number of carbonyl (C=O) groups excluding carboxylic acids is 2. The minimum atomic E-state index is -0.277. The zero-order valence-corrected chi connectivity index (χ0v) is 14.8. The fraction of sp³-hybridized carbons (Fsp3) is 0.688. The molecule has 3 amide bonds. The zero-order valence-electron chi connectivity index (χ0n) is 14.8. The van der Waals surface area contributed by atoms with Crippen LogP contribution in [0.1, 0.15) is 44.0 Å². The number of hydrogen-bond donors (Lipinski definition) is 2. The Hall–Kier alpha value is -2.25. The molecule has 8 nitrogen and oxygen atoms in total. The molecule has 0 aromatic carbocycles. The highest BCUT2D eigenvalue weighted by molar-refractivity contribution is 5.75. The second kappa shape index (κ2) is 8.03. The molecule has 1 aromatic rings. The van der Waals surface area contributed by atoms with Crippen LogP contribution in [-0.2, 0) is 11.8 Å². The van der Waals surface area contributed by atoms with Gasteiger partial charge in [-0.25, -0.2) is 9.59 Å². The molecular formula is C16H27N5O3. The van der Waals surface area contributed by atoms with E-state index in [0.29, 0.717) is 19.7 Å². The van der Waals surface area contributed by atoms with Crippen molar-refractivity contribution in [2.75, 3.05) is 19.7 Å². The molecule has 0 spiro atoms. The Morgan fingerprint density at radius 2 is 2.08 bits per heavy atom. The summed E-state index contributed by atoms with van der Waals surface area (Å²) in [6.45, 7) is 7.23. The number of ether oxygens (including phenoxy) is 1. The first-order chi connectivity index (χ1) is 11.4. The SMILES string of the molecule is CCOC(=O)N1CCC(NC(=O)NC(C)c2cn(C)nc2C)CC1. The van der Waals surface area contributed by atoms with Crippen molar-refractivity contribution >= 4 is 12.1 Å². The summed E-state index contributed by atoms with van der Waals surface area (Å²) in [6.07, 6.45) is 3.10. The summed E-state index contributed by atoms with van der Waals surface area (Å²) in [7, 11) is 1.86. The highest BCUT2D eigenvalue weighted by atomic mass is 16.6. The second-order valence-corrected chi connectivity index (χ2v) is 6.14. The number of amides is 3. The third-order valence-electron chi connectivity index (χ3n) is 4.22. The molecule has 1 aliphatic rings. The van der Waals surface area contributed by atoms with Crippen LogP contribution in [0, 0.1) is 6.92 Å². The number of nitrogens with zero attached hydrogens (tertiary/aromatic N) is 3. The van der Waals surface area contributed by atoms with Crippen molar-refractivity contribution in [1.82, 2.24) is 25.3 Å². The average Bonchev–Trinajstić information content (AvgIpc) is 2.87. The van der Waals surface area contributed by atoms with Crippen molar-refractivity contribution in [3.8, 4) is 0 Å². The van der Waals surface area contributed by atoms with Crippen LogP contribution in [0.2, 0.25) is 0 Å². The summed E-state index contributed by atoms with van der Waals surface area (Å²) in [5.74, 6) is 0. The van der Waals surface area contributed by atoms with Gasteiger partial charge in [-0.3, -0.25) is 4.68 Å². The van der Waals surface area contributed by atoms with E-state index < -0.39 is 0 Å². The number of aromatic nitrogens is 2. The predicted octanol–water partition coefficient (Wildman–Crippen LogP) is 1.71. The van der Waals surface area contributed by atoms with Gasteiger partial charge in [0.05, 0.1) is 18.3 Å². The van der Waals surface area contributed by atoms with Gasteiger partial charge >= 0.3 is 12.1 Å². The largest absolute Gasteiger partial charge is 0.450 e. The fourth-order valence-corrected chi connectivity index (χ4v) is 2.97. The summed E-state index contributed by atoms with van der Waals surface area (Å²) in [5, 5.41) is 10.2. The lowest BCUT2D eigenvalue weighted by Crippen LogP contribution is -2.49. The molecule has 24 heavy (non-hydrogen) atoms. The smallest absolute Gasteiger partial charge is 0.409 e. The lowest BCUT2D eigenvalue weighted by molar-refractivity contribution is 0.0957. The molecule has 8 heteroatoms. The van der Waals surface area contributed by atoms with Crippen molar-refractivity contribution in [2.45, 2.75) is 45.7 Å². The zero-order chi connectivity index (χ0) is 17.7. The first-order valence-corrected chi connectivity index (χ1v) is 8.39. The van der Waals surface area contributed by atoms with Gasteiger partial charge in [0.15, 0.2) is 0 Å². The highest BCUT2D eigenvalue weighted by Crippen LogP contribution is 2.16. The third kappa shape index (κ3) is 4.62. The van der Waals surface area contributed by atoms with Crippen LogP contribution < -0.4 is 10.6 Å². The minimum Gasteiger partial charge on any atom is -0.450 e. The van der Waals surface area contributed by atoms with Gasteiger partial charge in [-0.05, 0) is 33.6 Å². The minimum absolute atomic E-state index is 0.0675. The van der Waals surface area contributed by atoms with E-state index in [1.54, 1.807) is 16.5 Å². The Balaban J connectivity index is 1.77. The van der Waals surface area contributed by atoms with Gasteiger partial charge in [0.2, 0.25) is 0 Å². The molecule has 134 valence electrons. The molecule has 1 atom stereocenters. The molecule has 2 N–H and O–H groups in total. The fourth-order valence-electron chi connectivity index (χ4n) is 2.97. The van der Waals surface area contributed by atoms with Gasteiger partial charge in [-0.2, -0.15) is 5.10 Å². The van der Waals surface area contributed by atoms with E-state index >= 15 is 0 Å². The van der Waals surface area contributed by atoms with E-state index in [4.69, 9.17) is 4.74 Å². The molecule has 2 heterocycles. The Bertz CT molecular complexity index is 578. The van der Waals surface area contributed by atoms with E-state index in [-0.39, 0.29) is 24.2 Å². The number of likely N-dealkylation sites (tertiary alicyclic amines) is 1. The average molecular weight is 337 g/mol. The maximum absolute atomic E-state index is 12.2. The quantitative estimate of drug-likeness (QED) is 0.875. The molecular weight excluding hydrogens is 310 g/mol. The van der Waals surface area contributed by atoms with Gasteiger partial charge in [0, 0.05) is 37.9 Å². The monoisotopic (exact) mass is 337 g/mol. The van der Waals surface area contributed by atoms with Crippen LogP contribution in [0.4, 0.5) is 9.59 Å². The van der Waals surface area contributed by atoms with E-state index in [2.05, 4.69) is 15.7 Å². The summed E-state index contributed by atoms with van der Waals surface area (Å²) >= 11 is 0. The summed E-state index contributed by atoms with van der Waals surface area (Å²) < 4.78 is 6.73. The Morgan fingerprint density at radius 1 is 1.42 bits per heavy atom. The van der Waals surface area contributed by atoms with Crippen molar-refractivity contribution in [2.24, 2.45) is 7.05 Å². The molecule has 2 rings (SSSR count). The number of aryl methyl sites for hydroxylation is 2.